The normalized spacial score (nSPS) is 22.6. The lowest BCUT2D eigenvalue weighted by atomic mass is 9.89. The molecule has 3 aromatic carbocycles. The van der Waals surface area contributed by atoms with Gasteiger partial charge in [0.1, 0.15) is 59.1 Å². The maximum absolute atomic E-state index is 15.3. The van der Waals surface area contributed by atoms with E-state index in [0.29, 0.717) is 66.1 Å². The number of Topliss-reactive ketones (excluding diaryl/α,β-unsaturated/α-hetero) is 4. The van der Waals surface area contributed by atoms with Crippen LogP contribution >= 0.6 is 0 Å². The van der Waals surface area contributed by atoms with Crippen molar-refractivity contribution in [3.05, 3.63) is 114 Å². The number of aromatic hydroxyl groups is 1. The van der Waals surface area contributed by atoms with Gasteiger partial charge < -0.3 is 90.5 Å². The van der Waals surface area contributed by atoms with Crippen molar-refractivity contribution in [2.75, 3.05) is 6.54 Å². The highest BCUT2D eigenvalue weighted by molar-refractivity contribution is 6.42. The van der Waals surface area contributed by atoms with Gasteiger partial charge in [-0.2, -0.15) is 0 Å². The van der Waals surface area contributed by atoms with E-state index in [2.05, 4.69) is 79.6 Å². The number of ketones is 4. The molecule has 4 aromatic rings. The molecule has 0 fully saturated rings. The quantitative estimate of drug-likeness (QED) is 0.0182. The molecule has 2 heterocycles. The molecule has 0 radical (unpaired) electrons. The van der Waals surface area contributed by atoms with E-state index in [-0.39, 0.29) is 95.8 Å². The number of primary amides is 2. The average Bonchev–Trinajstić information content (AvgIpc) is 1.47. The van der Waals surface area contributed by atoms with E-state index >= 15 is 24.0 Å². The van der Waals surface area contributed by atoms with E-state index in [0.717, 1.165) is 0 Å². The lowest BCUT2D eigenvalue weighted by molar-refractivity contribution is -0.141. The Kier molecular flexibility index (Phi) is 44.7. The van der Waals surface area contributed by atoms with Gasteiger partial charge in [-0.25, -0.2) is 10.9 Å². The number of hydrazine groups is 1. The molecule has 21 N–H and O–H groups in total. The van der Waals surface area contributed by atoms with Crippen LogP contribution < -0.4 is 86.1 Å². The number of para-hydroxylation sites is 1. The number of benzene rings is 3. The number of carbonyl (C=O) groups is 17. The standard InChI is InChI=1S/C91H135N17O19.CH4/c1-16-52(6)73(108-107-55(9)79(93)117)78(116)76(114)54(8)96-80(118)56(10)98-88(126)90(14)41-29-22-20-18-17-19-21-23-30-42-91(15,106-86(124)70(45-60-31-25-24-26-32-60)103-87(125)74(58(12)109)104-85(123)68(44-51(4)5)100-59(13)110)89(127)99-57(11)81(119)101-69(46-61-35-37-64(111)38-36-61)84(122)102-71(47-62-48-94-66-34-28-27-33-65(62)66)83(121)97-53(7)75(113)77(115)67(39-40-72(92)112)95-49-63(43-50(2)3)82(120)105-90;/h18,20,24-28,31-38,48,50-58,63,67-71,73-74,94-95,107-109,111H,16-17,19,21-23,29-30,39-47,49H2,1-15H3,(H2,92,112)(H2,93,117)(H,96,118)(H,97,121)(H,98,126)(H,99,127)(H,100,110)(H,101,119)(H,102,122)(H,103,125)(H,104,123)(H,105,120)(H,106,124);1H4/b20-18+;/t52-,53?,54?,55+,56-,57?,58+,63+,67-,68-,69-,70-,71-,73-,74-,90-,91+;/m0./s1. The van der Waals surface area contributed by atoms with Crippen molar-refractivity contribution < 1.29 is 91.7 Å². The second kappa shape index (κ2) is 52.6. The number of aliphatic hydroxyl groups is 1. The lowest BCUT2D eigenvalue weighted by Gasteiger charge is -2.33. The monoisotopic (exact) mass is 1790 g/mol. The molecule has 36 heteroatoms. The summed E-state index contributed by atoms with van der Waals surface area (Å²) < 4.78 is 0. The minimum atomic E-state index is -1.91. The topological polar surface area (TPSA) is 567 Å². The van der Waals surface area contributed by atoms with Crippen LogP contribution in [0.4, 0.5) is 0 Å². The van der Waals surface area contributed by atoms with Crippen LogP contribution in [0.2, 0.25) is 0 Å². The number of carbonyl (C=O) groups excluding carboxylic acids is 17. The number of aromatic nitrogens is 1. The molecule has 36 nitrogen and oxygen atoms in total. The first-order valence-electron chi connectivity index (χ1n) is 43.8. The van der Waals surface area contributed by atoms with E-state index in [9.17, 15) is 67.7 Å². The van der Waals surface area contributed by atoms with Gasteiger partial charge in [0.15, 0.2) is 0 Å². The maximum atomic E-state index is 15.3. The molecular weight excluding hydrogens is 1650 g/mol. The summed E-state index contributed by atoms with van der Waals surface area (Å²) in [6.45, 7) is 22.5. The molecule has 1 aliphatic heterocycles. The summed E-state index contributed by atoms with van der Waals surface area (Å²) >= 11 is 0. The van der Waals surface area contributed by atoms with Crippen molar-refractivity contribution in [1.29, 1.82) is 0 Å². The fourth-order valence-corrected chi connectivity index (χ4v) is 14.5. The molecule has 706 valence electrons. The highest BCUT2D eigenvalue weighted by atomic mass is 16.3. The number of amides is 13. The molecule has 128 heavy (non-hydrogen) atoms. The van der Waals surface area contributed by atoms with E-state index < -0.39 is 208 Å². The van der Waals surface area contributed by atoms with E-state index in [1.807, 2.05) is 39.8 Å². The van der Waals surface area contributed by atoms with Crippen LogP contribution in [0, 0.1) is 23.7 Å². The Morgan fingerprint density at radius 3 is 1.80 bits per heavy atom. The summed E-state index contributed by atoms with van der Waals surface area (Å²) in [6.07, 6.45) is 6.02. The minimum absolute atomic E-state index is 0. The predicted octanol–water partition coefficient (Wildman–Crippen LogP) is 2.80. The maximum Gasteiger partial charge on any atom is 0.246 e. The molecule has 13 amide bonds. The van der Waals surface area contributed by atoms with Gasteiger partial charge in [0.25, 0.3) is 0 Å². The van der Waals surface area contributed by atoms with Gasteiger partial charge in [-0.1, -0.05) is 147 Å². The first-order valence-corrected chi connectivity index (χ1v) is 43.8. The Labute approximate surface area is 750 Å². The molecule has 0 saturated heterocycles. The summed E-state index contributed by atoms with van der Waals surface area (Å²) in [4.78, 5) is 244. The molecule has 0 aliphatic carbocycles. The number of hydrogen-bond acceptors (Lipinski definition) is 22. The summed E-state index contributed by atoms with van der Waals surface area (Å²) in [6, 6.07) is 4.24. The number of nitrogens with one attached hydrogen (secondary N) is 15. The zero-order valence-corrected chi connectivity index (χ0v) is 75.8. The van der Waals surface area contributed by atoms with Gasteiger partial charge in [-0.05, 0) is 166 Å². The second-order valence-electron chi connectivity index (χ2n) is 34.8. The highest BCUT2D eigenvalue weighted by Crippen LogP contribution is 2.25. The fraction of sp³-hybridized carbons (Fsp3) is 0.576. The van der Waals surface area contributed by atoms with Gasteiger partial charge in [0, 0.05) is 56.3 Å². The molecule has 0 spiro atoms. The average molecular weight is 1790 g/mol. The molecule has 3 unspecified atom stereocenters. The van der Waals surface area contributed by atoms with Gasteiger partial charge in [0.2, 0.25) is 99.9 Å². The number of H-pyrrole nitrogens is 1. The second-order valence-corrected chi connectivity index (χ2v) is 34.8. The zero-order valence-electron chi connectivity index (χ0n) is 75.8. The van der Waals surface area contributed by atoms with Gasteiger partial charge >= 0.3 is 0 Å². The number of aromatic amines is 1. The summed E-state index contributed by atoms with van der Waals surface area (Å²) in [5.74, 6) is -17.1. The number of rotatable bonds is 34. The third-order valence-corrected chi connectivity index (χ3v) is 22.5. The van der Waals surface area contributed by atoms with Crippen molar-refractivity contribution >= 4 is 111 Å². The molecule has 17 atom stereocenters. The third-order valence-electron chi connectivity index (χ3n) is 22.5. The van der Waals surface area contributed by atoms with E-state index in [1.165, 1.54) is 86.6 Å². The fourth-order valence-electron chi connectivity index (χ4n) is 14.5. The summed E-state index contributed by atoms with van der Waals surface area (Å²) in [5, 5.41) is 54.5. The Morgan fingerprint density at radius 1 is 0.562 bits per heavy atom. The van der Waals surface area contributed by atoms with Crippen molar-refractivity contribution in [2.45, 2.75) is 310 Å². The number of hydrogen-bond donors (Lipinski definition) is 19. The number of phenolic OH excluding ortho intramolecular Hbond substituents is 1. The van der Waals surface area contributed by atoms with Crippen LogP contribution in [-0.2, 0) is 101 Å². The van der Waals surface area contributed by atoms with Crippen molar-refractivity contribution in [1.82, 2.24) is 79.6 Å². The van der Waals surface area contributed by atoms with Crippen LogP contribution in [0.15, 0.2) is 97.2 Å². The Balaban J connectivity index is 0.0000343. The SMILES string of the molecule is C.CC[C@H](C)[C@H](NN[C@H](C)C(N)=O)C(=O)C(=O)C(C)NC(=O)[C@H](C)NC(=O)[C@]1(C)CCC/C=C/CCCCCC[C@@](C)(NC(=O)[C@H](Cc2ccccc2)NC(=O)[C@@H](NC(=O)[C@H](CC(C)C)NC(C)=O)[C@@H](C)O)C(=O)NC(C)C(=O)N[C@@H](Cc2ccc(O)cc2)C(=O)N[C@@H](Cc2c[nH]c3ccccc23)C(=O)NC(C)C(=O)C(=O)[C@H](CCC(N)=O)NC[C@@H](CC(C)C)C(=O)N1. The Hall–Kier alpha value is -11.6. The predicted molar refractivity (Wildman–Crippen MR) is 483 cm³/mol. The zero-order chi connectivity index (χ0) is 94.7. The Bertz CT molecular complexity index is 4500. The minimum Gasteiger partial charge on any atom is -0.508 e. The van der Waals surface area contributed by atoms with Crippen molar-refractivity contribution in [3.63, 3.8) is 0 Å². The Morgan fingerprint density at radius 2 is 1.18 bits per heavy atom. The third kappa shape index (κ3) is 34.9. The first kappa shape index (κ1) is 109. The van der Waals surface area contributed by atoms with Crippen LogP contribution in [-0.4, -0.2) is 211 Å². The number of nitrogens with two attached hydrogens (primary N) is 2. The van der Waals surface area contributed by atoms with Gasteiger partial charge in [0.05, 0.1) is 42.2 Å². The van der Waals surface area contributed by atoms with Crippen LogP contribution in [0.1, 0.15) is 218 Å². The smallest absolute Gasteiger partial charge is 0.246 e. The van der Waals surface area contributed by atoms with E-state index in [1.54, 1.807) is 74.6 Å². The molecule has 0 saturated carbocycles. The molecule has 1 aliphatic rings. The molecule has 0 bridgehead atoms. The lowest BCUT2D eigenvalue weighted by Crippen LogP contribution is -2.64. The van der Waals surface area contributed by atoms with Crippen molar-refractivity contribution in [3.8, 4) is 5.75 Å². The number of allylic oxidation sites excluding steroid dienone is 2. The van der Waals surface area contributed by atoms with E-state index in [4.69, 9.17) is 11.5 Å². The van der Waals surface area contributed by atoms with Crippen molar-refractivity contribution in [2.24, 2.45) is 35.1 Å². The largest absolute Gasteiger partial charge is 0.508 e. The summed E-state index contributed by atoms with van der Waals surface area (Å²) in [5.41, 5.74) is 14.8. The number of fused-ring (bicyclic) bond motifs is 1. The first-order chi connectivity index (χ1) is 59.8. The highest BCUT2D eigenvalue weighted by Gasteiger charge is 2.44. The molecule has 1 aromatic heterocycles. The van der Waals surface area contributed by atoms with Crippen LogP contribution in [0.5, 0.6) is 5.75 Å². The number of aliphatic hydroxyl groups excluding tert-OH is 1. The molecular formula is C92H139N17O19. The number of phenols is 1. The van der Waals surface area contributed by atoms with Crippen LogP contribution in [0.3, 0.4) is 0 Å². The van der Waals surface area contributed by atoms with Crippen LogP contribution in [0.25, 0.3) is 10.9 Å². The van der Waals surface area contributed by atoms with Gasteiger partial charge in [-0.3, -0.25) is 81.5 Å². The summed E-state index contributed by atoms with van der Waals surface area (Å²) in [7, 11) is 0. The van der Waals surface area contributed by atoms with Gasteiger partial charge in [-0.15, -0.1) is 0 Å². The molecule has 5 rings (SSSR count).